The molecule has 214 valence electrons. The molecule has 9 heteroatoms. The predicted octanol–water partition coefficient (Wildman–Crippen LogP) is 5.44. The maximum atomic E-state index is 13.8. The summed E-state index contributed by atoms with van der Waals surface area (Å²) in [6.07, 6.45) is 1.85. The molecule has 1 atom stereocenters. The first-order chi connectivity index (χ1) is 18.8. The molecule has 1 unspecified atom stereocenters. The van der Waals surface area contributed by atoms with Crippen molar-refractivity contribution in [3.05, 3.63) is 101 Å². The zero-order valence-corrected chi connectivity index (χ0v) is 25.1. The summed E-state index contributed by atoms with van der Waals surface area (Å²) in [6, 6.07) is 24.8. The summed E-state index contributed by atoms with van der Waals surface area (Å²) in [4.78, 5) is 29.1. The number of nitrogens with one attached hydrogen (secondary N) is 1. The molecule has 0 saturated carbocycles. The second kappa shape index (κ2) is 13.8. The maximum Gasteiger partial charge on any atom is 0.243 e. The van der Waals surface area contributed by atoms with Crippen LogP contribution >= 0.6 is 11.6 Å². The van der Waals surface area contributed by atoms with Gasteiger partial charge in [0, 0.05) is 36.5 Å². The molecule has 1 N–H and O–H groups in total. The summed E-state index contributed by atoms with van der Waals surface area (Å²) >= 11 is 6.09. The molecule has 3 aromatic carbocycles. The van der Waals surface area contributed by atoms with E-state index in [9.17, 15) is 18.0 Å². The standard InChI is InChI=1S/C31H38ClN3O4S/c1-31(2,3)33-30(37)28(22-24-12-7-5-8-13-24)34(23-25-17-19-26(32)20-18-25)29(36)16-11-21-35(40(4,38)39)27-14-9-6-10-15-27/h5-10,12-15,17-20,28H,11,16,21-23H2,1-4H3,(H,33,37). The van der Waals surface area contributed by atoms with E-state index in [1.165, 1.54) is 4.31 Å². The number of benzene rings is 3. The Kier molecular flexibility index (Phi) is 10.8. The van der Waals surface area contributed by atoms with Gasteiger partial charge >= 0.3 is 0 Å². The van der Waals surface area contributed by atoms with Crippen LogP contribution < -0.4 is 9.62 Å². The van der Waals surface area contributed by atoms with Gasteiger partial charge in [-0.2, -0.15) is 0 Å². The fourth-order valence-electron chi connectivity index (χ4n) is 4.39. The number of rotatable bonds is 12. The van der Waals surface area contributed by atoms with Gasteiger partial charge in [0.1, 0.15) is 6.04 Å². The van der Waals surface area contributed by atoms with Crippen molar-refractivity contribution < 1.29 is 18.0 Å². The van der Waals surface area contributed by atoms with Crippen LogP contribution in [0, 0.1) is 0 Å². The van der Waals surface area contributed by atoms with Crippen LogP contribution in [-0.2, 0) is 32.6 Å². The van der Waals surface area contributed by atoms with Gasteiger partial charge < -0.3 is 10.2 Å². The third kappa shape index (κ3) is 9.68. The summed E-state index contributed by atoms with van der Waals surface area (Å²) < 4.78 is 26.3. The van der Waals surface area contributed by atoms with Gasteiger partial charge in [-0.3, -0.25) is 13.9 Å². The quantitative estimate of drug-likeness (QED) is 0.307. The number of halogens is 1. The van der Waals surface area contributed by atoms with E-state index in [4.69, 9.17) is 11.6 Å². The van der Waals surface area contributed by atoms with Crippen molar-refractivity contribution in [3.63, 3.8) is 0 Å². The highest BCUT2D eigenvalue weighted by Crippen LogP contribution is 2.21. The second-order valence-corrected chi connectivity index (χ2v) is 13.2. The second-order valence-electron chi connectivity index (χ2n) is 10.9. The lowest BCUT2D eigenvalue weighted by Gasteiger charge is -2.34. The van der Waals surface area contributed by atoms with Crippen molar-refractivity contribution >= 4 is 39.1 Å². The van der Waals surface area contributed by atoms with Crippen LogP contribution in [-0.4, -0.2) is 49.5 Å². The summed E-state index contributed by atoms with van der Waals surface area (Å²) in [7, 11) is -3.55. The number of para-hydroxylation sites is 1. The normalized spacial score (nSPS) is 12.4. The van der Waals surface area contributed by atoms with Crippen LogP contribution in [0.25, 0.3) is 0 Å². The van der Waals surface area contributed by atoms with E-state index < -0.39 is 21.6 Å². The van der Waals surface area contributed by atoms with Gasteiger partial charge in [0.25, 0.3) is 0 Å². The van der Waals surface area contributed by atoms with Gasteiger partial charge in [-0.05, 0) is 62.6 Å². The Balaban J connectivity index is 1.89. The number of sulfonamides is 1. The molecule has 0 fully saturated rings. The van der Waals surface area contributed by atoms with Crippen LogP contribution in [0.3, 0.4) is 0 Å². The molecule has 0 aromatic heterocycles. The number of carbonyl (C=O) groups is 2. The molecule has 3 rings (SSSR count). The number of amides is 2. The van der Waals surface area contributed by atoms with Crippen molar-refractivity contribution in [1.29, 1.82) is 0 Å². The lowest BCUT2D eigenvalue weighted by Crippen LogP contribution is -2.54. The van der Waals surface area contributed by atoms with Crippen LogP contribution in [0.2, 0.25) is 5.02 Å². The fraction of sp³-hybridized carbons (Fsp3) is 0.355. The highest BCUT2D eigenvalue weighted by molar-refractivity contribution is 7.92. The van der Waals surface area contributed by atoms with Gasteiger partial charge in [0.15, 0.2) is 0 Å². The molecule has 0 spiro atoms. The Morgan fingerprint density at radius 3 is 2.00 bits per heavy atom. The number of hydrogen-bond acceptors (Lipinski definition) is 4. The molecule has 0 saturated heterocycles. The highest BCUT2D eigenvalue weighted by atomic mass is 35.5. The molecule has 0 radical (unpaired) electrons. The molecule has 0 aliphatic heterocycles. The van der Waals surface area contributed by atoms with Crippen LogP contribution in [0.1, 0.15) is 44.7 Å². The van der Waals surface area contributed by atoms with E-state index in [1.54, 1.807) is 41.3 Å². The summed E-state index contributed by atoms with van der Waals surface area (Å²) in [5.41, 5.74) is 1.81. The number of anilines is 1. The SMILES string of the molecule is CC(C)(C)NC(=O)C(Cc1ccccc1)N(Cc1ccc(Cl)cc1)C(=O)CCCN(c1ccccc1)S(C)(=O)=O. The van der Waals surface area contributed by atoms with Crippen molar-refractivity contribution in [2.75, 3.05) is 17.1 Å². The molecule has 0 aliphatic carbocycles. The summed E-state index contributed by atoms with van der Waals surface area (Å²) in [5, 5.41) is 3.62. The van der Waals surface area contributed by atoms with E-state index in [1.807, 2.05) is 69.3 Å². The van der Waals surface area contributed by atoms with E-state index in [0.717, 1.165) is 17.4 Å². The molecule has 7 nitrogen and oxygen atoms in total. The molecule has 0 bridgehead atoms. The lowest BCUT2D eigenvalue weighted by atomic mass is 10.00. The minimum absolute atomic E-state index is 0.0700. The van der Waals surface area contributed by atoms with E-state index in [0.29, 0.717) is 17.1 Å². The third-order valence-corrected chi connectivity index (χ3v) is 7.68. The van der Waals surface area contributed by atoms with Gasteiger partial charge in [0.05, 0.1) is 11.9 Å². The van der Waals surface area contributed by atoms with E-state index >= 15 is 0 Å². The zero-order valence-electron chi connectivity index (χ0n) is 23.5. The topological polar surface area (TPSA) is 86.8 Å². The first kappa shape index (κ1) is 31.2. The van der Waals surface area contributed by atoms with Gasteiger partial charge in [0.2, 0.25) is 21.8 Å². The van der Waals surface area contributed by atoms with Crippen LogP contribution in [0.5, 0.6) is 0 Å². The molecular weight excluding hydrogens is 546 g/mol. The van der Waals surface area contributed by atoms with Crippen molar-refractivity contribution in [1.82, 2.24) is 10.2 Å². The van der Waals surface area contributed by atoms with Crippen molar-refractivity contribution in [3.8, 4) is 0 Å². The summed E-state index contributed by atoms with van der Waals surface area (Å²) in [6.45, 7) is 6.05. The van der Waals surface area contributed by atoms with Gasteiger partial charge in [-0.25, -0.2) is 8.42 Å². The zero-order chi connectivity index (χ0) is 29.3. The molecular formula is C31H38ClN3O4S. The Labute approximate surface area is 243 Å². The molecule has 3 aromatic rings. The average molecular weight is 584 g/mol. The minimum Gasteiger partial charge on any atom is -0.350 e. The Hall–Kier alpha value is -3.36. The molecule has 0 aliphatic rings. The first-order valence-corrected chi connectivity index (χ1v) is 15.5. The van der Waals surface area contributed by atoms with Crippen LogP contribution in [0.4, 0.5) is 5.69 Å². The van der Waals surface area contributed by atoms with Gasteiger partial charge in [-0.15, -0.1) is 0 Å². The van der Waals surface area contributed by atoms with Crippen molar-refractivity contribution in [2.24, 2.45) is 0 Å². The van der Waals surface area contributed by atoms with Crippen molar-refractivity contribution in [2.45, 2.75) is 58.2 Å². The highest BCUT2D eigenvalue weighted by Gasteiger charge is 2.32. The van der Waals surface area contributed by atoms with E-state index in [2.05, 4.69) is 5.32 Å². The Morgan fingerprint density at radius 1 is 0.875 bits per heavy atom. The Bertz CT molecular complexity index is 1360. The predicted molar refractivity (Wildman–Crippen MR) is 162 cm³/mol. The molecule has 2 amide bonds. The average Bonchev–Trinajstić information content (AvgIpc) is 2.89. The lowest BCUT2D eigenvalue weighted by molar-refractivity contribution is -0.142. The van der Waals surface area contributed by atoms with Crippen LogP contribution in [0.15, 0.2) is 84.9 Å². The smallest absolute Gasteiger partial charge is 0.243 e. The number of hydrogen-bond donors (Lipinski definition) is 1. The minimum atomic E-state index is -3.55. The monoisotopic (exact) mass is 583 g/mol. The molecule has 0 heterocycles. The fourth-order valence-corrected chi connectivity index (χ4v) is 5.48. The van der Waals surface area contributed by atoms with Gasteiger partial charge in [-0.1, -0.05) is 72.3 Å². The summed E-state index contributed by atoms with van der Waals surface area (Å²) in [5.74, 6) is -0.484. The number of carbonyl (C=O) groups excluding carboxylic acids is 2. The molecule has 40 heavy (non-hydrogen) atoms. The maximum absolute atomic E-state index is 13.8. The third-order valence-electron chi connectivity index (χ3n) is 6.23. The first-order valence-electron chi connectivity index (χ1n) is 13.3. The Morgan fingerprint density at radius 2 is 1.45 bits per heavy atom. The largest absolute Gasteiger partial charge is 0.350 e. The van der Waals surface area contributed by atoms with E-state index in [-0.39, 0.29) is 37.7 Å². The number of nitrogens with zero attached hydrogens (tertiary/aromatic N) is 2.